The highest BCUT2D eigenvalue weighted by Gasteiger charge is 2.53. The fourth-order valence-corrected chi connectivity index (χ4v) is 3.97. The number of hydrogen-bond acceptors (Lipinski definition) is 6. The molecule has 1 aromatic heterocycles. The van der Waals surface area contributed by atoms with Crippen LogP contribution in [0.1, 0.15) is 27.7 Å². The van der Waals surface area contributed by atoms with Crippen LogP contribution in [0.25, 0.3) is 0 Å². The van der Waals surface area contributed by atoms with Gasteiger partial charge in [0.05, 0.1) is 29.2 Å². The average molecular weight is 375 g/mol. The Hall–Kier alpha value is -0.145. The lowest BCUT2D eigenvalue weighted by atomic mass is 9.89. The number of halogens is 1. The zero-order valence-corrected chi connectivity index (χ0v) is 15.2. The molecule has 0 spiro atoms. The van der Waals surface area contributed by atoms with E-state index in [2.05, 4.69) is 53.5 Å². The van der Waals surface area contributed by atoms with Gasteiger partial charge in [0.15, 0.2) is 5.13 Å². The number of aromatic nitrogens is 1. The van der Waals surface area contributed by atoms with E-state index in [1.165, 1.54) is 0 Å². The Labute approximate surface area is 138 Å². The minimum atomic E-state index is -0.364. The second kappa shape index (κ2) is 5.49. The van der Waals surface area contributed by atoms with Gasteiger partial charge in [0.1, 0.15) is 4.60 Å². The summed E-state index contributed by atoms with van der Waals surface area (Å²) in [5, 5.41) is 0.995. The Bertz CT molecular complexity index is 515. The van der Waals surface area contributed by atoms with E-state index in [1.807, 2.05) is 0 Å². The lowest BCUT2D eigenvalue weighted by Crippen LogP contribution is -2.41. The summed E-state index contributed by atoms with van der Waals surface area (Å²) < 4.78 is 19.4. The molecule has 21 heavy (non-hydrogen) atoms. The first-order valence-corrected chi connectivity index (χ1v) is 8.76. The van der Waals surface area contributed by atoms with E-state index < -0.39 is 0 Å². The quantitative estimate of drug-likeness (QED) is 0.741. The summed E-state index contributed by atoms with van der Waals surface area (Å²) in [5.41, 5.74) is -0.666. The molecule has 2 saturated heterocycles. The Morgan fingerprint density at radius 2 is 1.71 bits per heavy atom. The van der Waals surface area contributed by atoms with Crippen LogP contribution in [0, 0.1) is 0 Å². The molecule has 0 aliphatic carbocycles. The highest BCUT2D eigenvalue weighted by molar-refractivity contribution is 9.10. The van der Waals surface area contributed by atoms with Crippen LogP contribution in [0.2, 0.25) is 0 Å². The third-order valence-electron chi connectivity index (χ3n) is 4.35. The first-order chi connectivity index (χ1) is 9.80. The van der Waals surface area contributed by atoms with Gasteiger partial charge in [-0.1, -0.05) is 0 Å². The van der Waals surface area contributed by atoms with Gasteiger partial charge >= 0.3 is 7.12 Å². The van der Waals surface area contributed by atoms with Crippen LogP contribution in [0.3, 0.4) is 0 Å². The van der Waals surface area contributed by atoms with Crippen LogP contribution in [-0.2, 0) is 14.0 Å². The number of thiazole rings is 1. The molecule has 0 atom stereocenters. The average Bonchev–Trinajstić information content (AvgIpc) is 2.89. The summed E-state index contributed by atoms with van der Waals surface area (Å²) in [5.74, 6) is 0. The molecule has 8 heteroatoms. The van der Waals surface area contributed by atoms with Gasteiger partial charge in [-0.05, 0) is 43.6 Å². The zero-order valence-electron chi connectivity index (χ0n) is 12.8. The van der Waals surface area contributed by atoms with Gasteiger partial charge in [-0.2, -0.15) is 0 Å². The predicted molar refractivity (Wildman–Crippen MR) is 88.6 cm³/mol. The molecule has 0 saturated carbocycles. The Morgan fingerprint density at radius 1 is 1.14 bits per heavy atom. The standard InChI is InChI=1S/C13H20BBrN2O3S/c1-12(2)13(3,4)20-14(19-12)9-10(15)16-11(21-9)17-5-7-18-8-6-17/h5-8H2,1-4H3. The molecular formula is C13H20BBrN2O3S. The van der Waals surface area contributed by atoms with Crippen molar-refractivity contribution in [2.75, 3.05) is 31.2 Å². The highest BCUT2D eigenvalue weighted by Crippen LogP contribution is 2.38. The summed E-state index contributed by atoms with van der Waals surface area (Å²) in [6, 6.07) is 0. The molecule has 0 aromatic carbocycles. The van der Waals surface area contributed by atoms with E-state index in [0.717, 1.165) is 40.8 Å². The number of morpholine rings is 1. The summed E-state index contributed by atoms with van der Waals surface area (Å²) in [6.07, 6.45) is 0. The maximum atomic E-state index is 6.11. The van der Waals surface area contributed by atoms with Crippen LogP contribution >= 0.6 is 27.3 Å². The maximum Gasteiger partial charge on any atom is 0.508 e. The van der Waals surface area contributed by atoms with E-state index in [4.69, 9.17) is 14.0 Å². The molecule has 0 radical (unpaired) electrons. The highest BCUT2D eigenvalue weighted by atomic mass is 79.9. The van der Waals surface area contributed by atoms with Crippen molar-refractivity contribution in [1.29, 1.82) is 0 Å². The number of nitrogens with zero attached hydrogens (tertiary/aromatic N) is 2. The maximum absolute atomic E-state index is 6.11. The second-order valence-corrected chi connectivity index (χ2v) is 8.10. The fraction of sp³-hybridized carbons (Fsp3) is 0.769. The molecule has 0 unspecified atom stereocenters. The van der Waals surface area contributed by atoms with Crippen molar-refractivity contribution < 1.29 is 14.0 Å². The number of rotatable bonds is 2. The van der Waals surface area contributed by atoms with Crippen molar-refractivity contribution >= 4 is 44.3 Å². The van der Waals surface area contributed by atoms with Crippen LogP contribution in [0.15, 0.2) is 4.60 Å². The minimum absolute atomic E-state index is 0.333. The van der Waals surface area contributed by atoms with Gasteiger partial charge in [-0.15, -0.1) is 11.3 Å². The fourth-order valence-electron chi connectivity index (χ4n) is 2.29. The first-order valence-electron chi connectivity index (χ1n) is 7.15. The second-order valence-electron chi connectivity index (χ2n) is 6.34. The third kappa shape index (κ3) is 2.88. The third-order valence-corrected chi connectivity index (χ3v) is 6.35. The number of hydrogen-bond donors (Lipinski definition) is 0. The van der Waals surface area contributed by atoms with Crippen LogP contribution in [0.5, 0.6) is 0 Å². The van der Waals surface area contributed by atoms with E-state index in [1.54, 1.807) is 11.3 Å². The summed E-state index contributed by atoms with van der Waals surface area (Å²) >= 11 is 5.18. The van der Waals surface area contributed by atoms with Gasteiger partial charge in [0, 0.05) is 13.1 Å². The molecule has 116 valence electrons. The van der Waals surface area contributed by atoms with Crippen molar-refractivity contribution in [2.24, 2.45) is 0 Å². The predicted octanol–water partition coefficient (Wildman–Crippen LogP) is 2.04. The largest absolute Gasteiger partial charge is 0.508 e. The molecule has 0 amide bonds. The van der Waals surface area contributed by atoms with Gasteiger partial charge in [-0.25, -0.2) is 4.98 Å². The van der Waals surface area contributed by atoms with Crippen molar-refractivity contribution in [3.05, 3.63) is 4.60 Å². The lowest BCUT2D eigenvalue weighted by Gasteiger charge is -2.32. The monoisotopic (exact) mass is 374 g/mol. The van der Waals surface area contributed by atoms with E-state index >= 15 is 0 Å². The van der Waals surface area contributed by atoms with E-state index in [9.17, 15) is 0 Å². The SMILES string of the molecule is CC1(C)OB(c2sc(N3CCOCC3)nc2Br)OC1(C)C. The number of ether oxygens (including phenoxy) is 1. The summed E-state index contributed by atoms with van der Waals surface area (Å²) in [7, 11) is -0.364. The topological polar surface area (TPSA) is 43.8 Å². The molecule has 2 aliphatic rings. The van der Waals surface area contributed by atoms with Crippen molar-refractivity contribution in [3.63, 3.8) is 0 Å². The smallest absolute Gasteiger partial charge is 0.399 e. The van der Waals surface area contributed by atoms with Gasteiger partial charge in [0.25, 0.3) is 0 Å². The first kappa shape index (κ1) is 15.7. The molecule has 1 aromatic rings. The van der Waals surface area contributed by atoms with Crippen molar-refractivity contribution in [3.8, 4) is 0 Å². The molecular weight excluding hydrogens is 355 g/mol. The molecule has 0 bridgehead atoms. The Morgan fingerprint density at radius 3 is 2.29 bits per heavy atom. The Balaban J connectivity index is 1.82. The van der Waals surface area contributed by atoms with Gasteiger partial charge in [-0.3, -0.25) is 0 Å². The molecule has 2 fully saturated rings. The van der Waals surface area contributed by atoms with E-state index in [0.29, 0.717) is 0 Å². The van der Waals surface area contributed by atoms with E-state index in [-0.39, 0.29) is 18.3 Å². The molecule has 3 rings (SSSR count). The minimum Gasteiger partial charge on any atom is -0.399 e. The molecule has 5 nitrogen and oxygen atoms in total. The van der Waals surface area contributed by atoms with Crippen LogP contribution in [0.4, 0.5) is 5.13 Å². The van der Waals surface area contributed by atoms with Gasteiger partial charge < -0.3 is 18.9 Å². The van der Waals surface area contributed by atoms with Crippen molar-refractivity contribution in [2.45, 2.75) is 38.9 Å². The summed E-state index contributed by atoms with van der Waals surface area (Å²) in [4.78, 5) is 6.86. The zero-order chi connectivity index (χ0) is 15.3. The van der Waals surface area contributed by atoms with Gasteiger partial charge in [0.2, 0.25) is 0 Å². The molecule has 0 N–H and O–H groups in total. The molecule has 2 aliphatic heterocycles. The van der Waals surface area contributed by atoms with Crippen molar-refractivity contribution in [1.82, 2.24) is 4.98 Å². The van der Waals surface area contributed by atoms with Crippen LogP contribution < -0.4 is 9.68 Å². The van der Waals surface area contributed by atoms with Crippen LogP contribution in [-0.4, -0.2) is 49.6 Å². The Kier molecular flexibility index (Phi) is 4.12. The lowest BCUT2D eigenvalue weighted by molar-refractivity contribution is 0.00578. The normalized spacial score (nSPS) is 24.6. The number of anilines is 1. The molecule has 3 heterocycles. The summed E-state index contributed by atoms with van der Waals surface area (Å²) in [6.45, 7) is 11.5.